The lowest BCUT2D eigenvalue weighted by Crippen LogP contribution is -2.05. The van der Waals surface area contributed by atoms with Gasteiger partial charge in [0.1, 0.15) is 0 Å². The summed E-state index contributed by atoms with van der Waals surface area (Å²) in [5.41, 5.74) is 11.1. The molecule has 80 valence electrons. The van der Waals surface area contributed by atoms with Crippen LogP contribution in [0.25, 0.3) is 5.53 Å². The van der Waals surface area contributed by atoms with E-state index in [1.165, 1.54) is 11.1 Å². The molecular weight excluding hydrogens is 200 g/mol. The predicted octanol–water partition coefficient (Wildman–Crippen LogP) is 1.52. The van der Waals surface area contributed by atoms with E-state index < -0.39 is 0 Å². The van der Waals surface area contributed by atoms with Crippen LogP contribution < -0.4 is 0 Å². The van der Waals surface area contributed by atoms with Crippen LogP contribution >= 0.6 is 0 Å². The Bertz CT molecular complexity index is 471. The zero-order valence-electron chi connectivity index (χ0n) is 8.84. The third-order valence-corrected chi connectivity index (χ3v) is 3.87. The number of rotatable bonds is 2. The van der Waals surface area contributed by atoms with Crippen LogP contribution in [0.1, 0.15) is 11.1 Å². The molecule has 0 bridgehead atoms. The first-order chi connectivity index (χ1) is 7.81. The normalized spacial score (nSPS) is 29.6. The van der Waals surface area contributed by atoms with Crippen molar-refractivity contribution in [3.63, 3.8) is 0 Å². The third kappa shape index (κ3) is 1.33. The maximum Gasteiger partial charge on any atom is 0.323 e. The van der Waals surface area contributed by atoms with Crippen LogP contribution in [0, 0.1) is 17.8 Å². The quantitative estimate of drug-likeness (QED) is 0.416. The van der Waals surface area contributed by atoms with Crippen LogP contribution in [0.3, 0.4) is 0 Å². The number of benzene rings is 1. The third-order valence-electron chi connectivity index (χ3n) is 3.87. The van der Waals surface area contributed by atoms with E-state index in [1.807, 2.05) is 12.1 Å². The van der Waals surface area contributed by atoms with E-state index in [2.05, 4.69) is 16.9 Å². The molecule has 0 heterocycles. The van der Waals surface area contributed by atoms with E-state index in [-0.39, 0.29) is 11.7 Å². The first-order valence-electron chi connectivity index (χ1n) is 5.59. The highest BCUT2D eigenvalue weighted by atomic mass is 16.1. The molecule has 0 spiro atoms. The number of ketones is 1. The van der Waals surface area contributed by atoms with Crippen LogP contribution in [0.2, 0.25) is 0 Å². The van der Waals surface area contributed by atoms with Crippen molar-refractivity contribution in [3.05, 3.63) is 40.9 Å². The lowest BCUT2D eigenvalue weighted by atomic mass is 9.92. The largest absolute Gasteiger partial charge is 0.361 e. The molecular formula is C13H12N2O. The fraction of sp³-hybridized carbons (Fsp3) is 0.385. The summed E-state index contributed by atoms with van der Waals surface area (Å²) in [5, 5.41) is 0. The number of nitrogens with zero attached hydrogens (tertiary/aromatic N) is 2. The molecule has 1 saturated carbocycles. The fourth-order valence-corrected chi connectivity index (χ4v) is 3.03. The monoisotopic (exact) mass is 212 g/mol. The molecule has 16 heavy (non-hydrogen) atoms. The number of carbonyl (C=O) groups excluding carboxylic acids is 1. The number of carbonyl (C=O) groups is 1. The Kier molecular flexibility index (Phi) is 2.01. The summed E-state index contributed by atoms with van der Waals surface area (Å²) in [7, 11) is 0. The summed E-state index contributed by atoms with van der Waals surface area (Å²) < 4.78 is 0. The molecule has 0 aromatic heterocycles. The van der Waals surface area contributed by atoms with E-state index >= 15 is 0 Å². The summed E-state index contributed by atoms with van der Waals surface area (Å²) in [6.45, 7) is 0. The van der Waals surface area contributed by atoms with Crippen LogP contribution in [-0.4, -0.2) is 16.8 Å². The summed E-state index contributed by atoms with van der Waals surface area (Å²) in [4.78, 5) is 14.4. The second kappa shape index (κ2) is 3.39. The molecule has 1 unspecified atom stereocenters. The van der Waals surface area contributed by atoms with E-state index in [0.29, 0.717) is 11.8 Å². The minimum absolute atomic E-state index is 0.0229. The minimum atomic E-state index is -0.0229. The van der Waals surface area contributed by atoms with Crippen molar-refractivity contribution < 1.29 is 9.58 Å². The Morgan fingerprint density at radius 2 is 1.81 bits per heavy atom. The Labute approximate surface area is 93.7 Å². The number of hydrogen-bond donors (Lipinski definition) is 0. The van der Waals surface area contributed by atoms with Crippen molar-refractivity contribution in [1.82, 2.24) is 0 Å². The SMILES string of the molecule is [N-]=[N+]=CC(=O)C1[C@H]2Cc3ccccc3C[C@@H]12. The number of fused-ring (bicyclic) bond motifs is 2. The van der Waals surface area contributed by atoms with Gasteiger partial charge in [0.2, 0.25) is 5.78 Å². The molecule has 3 nitrogen and oxygen atoms in total. The number of Topliss-reactive ketones (excluding diaryl/α,β-unsaturated/α-hetero) is 1. The van der Waals surface area contributed by atoms with Gasteiger partial charge >= 0.3 is 6.21 Å². The van der Waals surface area contributed by atoms with Gasteiger partial charge in [0, 0.05) is 5.92 Å². The Balaban J connectivity index is 1.83. The van der Waals surface area contributed by atoms with Gasteiger partial charge in [0.25, 0.3) is 0 Å². The zero-order chi connectivity index (χ0) is 11.1. The smallest absolute Gasteiger partial charge is 0.323 e. The van der Waals surface area contributed by atoms with Gasteiger partial charge in [-0.25, -0.2) is 0 Å². The molecule has 0 N–H and O–H groups in total. The van der Waals surface area contributed by atoms with Gasteiger partial charge in [-0.15, -0.1) is 0 Å². The molecule has 0 radical (unpaired) electrons. The maximum absolute atomic E-state index is 11.6. The summed E-state index contributed by atoms with van der Waals surface area (Å²) in [6, 6.07) is 8.39. The highest BCUT2D eigenvalue weighted by Crippen LogP contribution is 2.53. The first kappa shape index (κ1) is 9.49. The van der Waals surface area contributed by atoms with Crippen molar-refractivity contribution in [2.75, 3.05) is 0 Å². The van der Waals surface area contributed by atoms with Gasteiger partial charge in [0.15, 0.2) is 0 Å². The van der Waals surface area contributed by atoms with Crippen LogP contribution in [0.15, 0.2) is 24.3 Å². The molecule has 2 aliphatic rings. The second-order valence-corrected chi connectivity index (χ2v) is 4.68. The van der Waals surface area contributed by atoms with E-state index in [1.54, 1.807) is 0 Å². The highest BCUT2D eigenvalue weighted by molar-refractivity contribution is 6.27. The fourth-order valence-electron chi connectivity index (χ4n) is 3.03. The molecule has 1 fully saturated rings. The van der Waals surface area contributed by atoms with Crippen molar-refractivity contribution in [2.24, 2.45) is 17.8 Å². The molecule has 2 aliphatic carbocycles. The van der Waals surface area contributed by atoms with E-state index in [9.17, 15) is 4.79 Å². The van der Waals surface area contributed by atoms with Gasteiger partial charge in [-0.2, -0.15) is 4.79 Å². The first-order valence-corrected chi connectivity index (χ1v) is 5.59. The molecule has 3 rings (SSSR count). The van der Waals surface area contributed by atoms with Crippen molar-refractivity contribution in [2.45, 2.75) is 12.8 Å². The van der Waals surface area contributed by atoms with Crippen molar-refractivity contribution in [1.29, 1.82) is 0 Å². The zero-order valence-corrected chi connectivity index (χ0v) is 8.84. The highest BCUT2D eigenvalue weighted by Gasteiger charge is 2.56. The molecule has 3 atom stereocenters. The average Bonchev–Trinajstić information content (AvgIpc) is 2.99. The predicted molar refractivity (Wildman–Crippen MR) is 59.0 cm³/mol. The Morgan fingerprint density at radius 1 is 1.25 bits per heavy atom. The minimum Gasteiger partial charge on any atom is -0.361 e. The van der Waals surface area contributed by atoms with E-state index in [4.69, 9.17) is 5.53 Å². The van der Waals surface area contributed by atoms with Crippen LogP contribution in [-0.2, 0) is 17.6 Å². The lowest BCUT2D eigenvalue weighted by Gasteiger charge is -2.13. The van der Waals surface area contributed by atoms with Gasteiger partial charge in [-0.1, -0.05) is 24.3 Å². The molecule has 1 aromatic rings. The molecule has 1 aromatic carbocycles. The second-order valence-electron chi connectivity index (χ2n) is 4.68. The number of hydrogen-bond acceptors (Lipinski definition) is 1. The molecule has 3 heteroatoms. The van der Waals surface area contributed by atoms with Gasteiger partial charge in [0.05, 0.1) is 0 Å². The van der Waals surface area contributed by atoms with Crippen molar-refractivity contribution >= 4 is 12.0 Å². The summed E-state index contributed by atoms with van der Waals surface area (Å²) in [5.74, 6) is 1.01. The average molecular weight is 212 g/mol. The Morgan fingerprint density at radius 3 is 2.31 bits per heavy atom. The van der Waals surface area contributed by atoms with Gasteiger partial charge in [-0.3, -0.25) is 4.79 Å². The molecule has 0 saturated heterocycles. The van der Waals surface area contributed by atoms with Crippen LogP contribution in [0.5, 0.6) is 0 Å². The lowest BCUT2D eigenvalue weighted by molar-refractivity contribution is -0.117. The topological polar surface area (TPSA) is 53.5 Å². The summed E-state index contributed by atoms with van der Waals surface area (Å²) >= 11 is 0. The maximum atomic E-state index is 11.6. The van der Waals surface area contributed by atoms with Crippen molar-refractivity contribution in [3.8, 4) is 0 Å². The summed E-state index contributed by atoms with van der Waals surface area (Å²) in [6.07, 6.45) is 3.04. The van der Waals surface area contributed by atoms with Gasteiger partial charge in [-0.05, 0) is 35.8 Å². The molecule has 0 aliphatic heterocycles. The van der Waals surface area contributed by atoms with Crippen LogP contribution in [0.4, 0.5) is 0 Å². The molecule has 0 amide bonds. The Hall–Kier alpha value is -1.73. The standard InChI is InChI=1S/C13H12N2O/c14-15-7-12(16)13-10-5-8-3-1-2-4-9(8)6-11(10)13/h1-4,7,10-11,13H,5-6H2/t10-,11+,13?. The van der Waals surface area contributed by atoms with E-state index in [0.717, 1.165) is 19.1 Å². The van der Waals surface area contributed by atoms with Gasteiger partial charge < -0.3 is 5.53 Å².